The lowest BCUT2D eigenvalue weighted by molar-refractivity contribution is -0.385. The summed E-state index contributed by atoms with van der Waals surface area (Å²) >= 11 is 0. The predicted molar refractivity (Wildman–Crippen MR) is 67.1 cm³/mol. The Morgan fingerprint density at radius 1 is 1.22 bits per heavy atom. The highest BCUT2D eigenvalue weighted by atomic mass is 16.6. The van der Waals surface area contributed by atoms with Crippen molar-refractivity contribution in [2.75, 3.05) is 7.11 Å². The number of methoxy groups -OCH3 is 1. The summed E-state index contributed by atoms with van der Waals surface area (Å²) < 4.78 is 11.0. The van der Waals surface area contributed by atoms with Crippen LogP contribution in [-0.2, 0) is 0 Å². The molecule has 0 heterocycles. The van der Waals surface area contributed by atoms with E-state index in [0.29, 0.717) is 11.5 Å². The predicted octanol–water partition coefficient (Wildman–Crippen LogP) is 3.31. The molecule has 2 rings (SSSR count). The van der Waals surface area contributed by atoms with E-state index in [1.54, 1.807) is 6.07 Å². The summed E-state index contributed by atoms with van der Waals surface area (Å²) in [7, 11) is 1.54. The number of non-ortho nitro benzene ring substituents is 1. The molecular formula is C13H17NO4. The van der Waals surface area contributed by atoms with Crippen LogP contribution in [0.5, 0.6) is 11.5 Å². The van der Waals surface area contributed by atoms with Gasteiger partial charge in [0.15, 0.2) is 11.5 Å². The van der Waals surface area contributed by atoms with E-state index in [1.165, 1.54) is 25.7 Å². The Labute approximate surface area is 106 Å². The van der Waals surface area contributed by atoms with Gasteiger partial charge in [0.2, 0.25) is 0 Å². The number of hydrogen-bond donors (Lipinski definition) is 0. The Balaban J connectivity index is 2.17. The van der Waals surface area contributed by atoms with Crippen LogP contribution in [0.2, 0.25) is 0 Å². The second-order valence-electron chi connectivity index (χ2n) is 4.47. The van der Waals surface area contributed by atoms with Gasteiger partial charge in [-0.3, -0.25) is 10.1 Å². The zero-order chi connectivity index (χ0) is 13.0. The Hall–Kier alpha value is -1.78. The quantitative estimate of drug-likeness (QED) is 0.608. The van der Waals surface area contributed by atoms with E-state index in [0.717, 1.165) is 25.7 Å². The van der Waals surface area contributed by atoms with Gasteiger partial charge in [0.05, 0.1) is 24.2 Å². The van der Waals surface area contributed by atoms with Gasteiger partial charge in [-0.1, -0.05) is 6.42 Å². The van der Waals surface area contributed by atoms with E-state index >= 15 is 0 Å². The zero-order valence-electron chi connectivity index (χ0n) is 10.4. The van der Waals surface area contributed by atoms with Crippen LogP contribution >= 0.6 is 0 Å². The summed E-state index contributed by atoms with van der Waals surface area (Å²) in [6.45, 7) is 0. The molecule has 1 aliphatic rings. The minimum Gasteiger partial charge on any atom is -0.493 e. The minimum absolute atomic E-state index is 0.0293. The molecule has 98 valence electrons. The van der Waals surface area contributed by atoms with Gasteiger partial charge in [0.25, 0.3) is 5.69 Å². The first-order valence-corrected chi connectivity index (χ1v) is 6.20. The number of rotatable bonds is 4. The van der Waals surface area contributed by atoms with Crippen molar-refractivity contribution in [2.45, 2.75) is 38.2 Å². The third-order valence-corrected chi connectivity index (χ3v) is 3.20. The molecule has 0 N–H and O–H groups in total. The fourth-order valence-corrected chi connectivity index (χ4v) is 2.23. The summed E-state index contributed by atoms with van der Waals surface area (Å²) in [5.41, 5.74) is 0.0293. The summed E-state index contributed by atoms with van der Waals surface area (Å²) in [6, 6.07) is 4.44. The average Bonchev–Trinajstić information content (AvgIpc) is 2.39. The van der Waals surface area contributed by atoms with Crippen LogP contribution in [0.3, 0.4) is 0 Å². The standard InChI is InChI=1S/C13H17NO4/c1-17-12-8-7-10(14(15)16)9-13(12)18-11-5-3-2-4-6-11/h7-9,11H,2-6H2,1H3. The summed E-state index contributed by atoms with van der Waals surface area (Å²) in [6.07, 6.45) is 5.71. The SMILES string of the molecule is COc1ccc([N+](=O)[O-])cc1OC1CCCCC1. The van der Waals surface area contributed by atoms with Crippen LogP contribution in [-0.4, -0.2) is 18.1 Å². The number of nitro benzene ring substituents is 1. The third kappa shape index (κ3) is 2.91. The first-order valence-electron chi connectivity index (χ1n) is 6.20. The van der Waals surface area contributed by atoms with Crippen molar-refractivity contribution in [3.8, 4) is 11.5 Å². The van der Waals surface area contributed by atoms with Gasteiger partial charge < -0.3 is 9.47 Å². The summed E-state index contributed by atoms with van der Waals surface area (Å²) in [5.74, 6) is 1.02. The molecule has 18 heavy (non-hydrogen) atoms. The molecule has 5 heteroatoms. The third-order valence-electron chi connectivity index (χ3n) is 3.20. The van der Waals surface area contributed by atoms with E-state index in [-0.39, 0.29) is 11.8 Å². The maximum absolute atomic E-state index is 10.8. The largest absolute Gasteiger partial charge is 0.493 e. The summed E-state index contributed by atoms with van der Waals surface area (Å²) in [4.78, 5) is 10.3. The Morgan fingerprint density at radius 3 is 2.56 bits per heavy atom. The molecule has 0 aliphatic heterocycles. The molecule has 1 aromatic rings. The number of nitrogens with zero attached hydrogens (tertiary/aromatic N) is 1. The Morgan fingerprint density at radius 2 is 1.94 bits per heavy atom. The van der Waals surface area contributed by atoms with Crippen LogP contribution in [0.1, 0.15) is 32.1 Å². The topological polar surface area (TPSA) is 61.6 Å². The smallest absolute Gasteiger partial charge is 0.273 e. The van der Waals surface area contributed by atoms with E-state index in [2.05, 4.69) is 0 Å². The van der Waals surface area contributed by atoms with Gasteiger partial charge in [0.1, 0.15) is 0 Å². The lowest BCUT2D eigenvalue weighted by Crippen LogP contribution is -2.19. The van der Waals surface area contributed by atoms with Gasteiger partial charge in [-0.05, 0) is 31.7 Å². The second kappa shape index (κ2) is 5.71. The van der Waals surface area contributed by atoms with Gasteiger partial charge in [-0.15, -0.1) is 0 Å². The monoisotopic (exact) mass is 251 g/mol. The molecule has 1 fully saturated rings. The van der Waals surface area contributed by atoms with Crippen molar-refractivity contribution in [3.63, 3.8) is 0 Å². The highest BCUT2D eigenvalue weighted by Crippen LogP contribution is 2.34. The molecule has 1 aliphatic carbocycles. The second-order valence-corrected chi connectivity index (χ2v) is 4.47. The van der Waals surface area contributed by atoms with Crippen molar-refractivity contribution in [1.82, 2.24) is 0 Å². The number of hydrogen-bond acceptors (Lipinski definition) is 4. The molecular weight excluding hydrogens is 234 g/mol. The molecule has 0 aromatic heterocycles. The molecule has 0 amide bonds. The molecule has 1 aromatic carbocycles. The Kier molecular flexibility index (Phi) is 4.02. The van der Waals surface area contributed by atoms with Crippen LogP contribution in [0, 0.1) is 10.1 Å². The fraction of sp³-hybridized carbons (Fsp3) is 0.538. The number of ether oxygens (including phenoxy) is 2. The van der Waals surface area contributed by atoms with Gasteiger partial charge >= 0.3 is 0 Å². The molecule has 0 saturated heterocycles. The highest BCUT2D eigenvalue weighted by molar-refractivity contribution is 5.48. The molecule has 1 saturated carbocycles. The first-order chi connectivity index (χ1) is 8.70. The van der Waals surface area contributed by atoms with Gasteiger partial charge in [-0.2, -0.15) is 0 Å². The minimum atomic E-state index is -0.423. The van der Waals surface area contributed by atoms with Crippen LogP contribution in [0.15, 0.2) is 18.2 Å². The highest BCUT2D eigenvalue weighted by Gasteiger charge is 2.19. The zero-order valence-corrected chi connectivity index (χ0v) is 10.4. The molecule has 5 nitrogen and oxygen atoms in total. The normalized spacial score (nSPS) is 16.3. The van der Waals surface area contributed by atoms with Crippen molar-refractivity contribution < 1.29 is 14.4 Å². The van der Waals surface area contributed by atoms with E-state index in [4.69, 9.17) is 9.47 Å². The molecule has 0 atom stereocenters. The summed E-state index contributed by atoms with van der Waals surface area (Å²) in [5, 5.41) is 10.8. The molecule has 0 spiro atoms. The van der Waals surface area contributed by atoms with Gasteiger partial charge in [-0.25, -0.2) is 0 Å². The Bertz CT molecular complexity index is 427. The lowest BCUT2D eigenvalue weighted by atomic mass is 9.98. The van der Waals surface area contributed by atoms with Crippen molar-refractivity contribution in [2.24, 2.45) is 0 Å². The lowest BCUT2D eigenvalue weighted by Gasteiger charge is -2.23. The van der Waals surface area contributed by atoms with Crippen molar-refractivity contribution >= 4 is 5.69 Å². The average molecular weight is 251 g/mol. The number of nitro groups is 1. The maximum Gasteiger partial charge on any atom is 0.273 e. The molecule has 0 unspecified atom stereocenters. The maximum atomic E-state index is 10.8. The van der Waals surface area contributed by atoms with Crippen LogP contribution in [0.4, 0.5) is 5.69 Å². The van der Waals surface area contributed by atoms with Crippen LogP contribution < -0.4 is 9.47 Å². The molecule has 0 bridgehead atoms. The van der Waals surface area contributed by atoms with Crippen molar-refractivity contribution in [3.05, 3.63) is 28.3 Å². The van der Waals surface area contributed by atoms with Crippen molar-refractivity contribution in [1.29, 1.82) is 0 Å². The fourth-order valence-electron chi connectivity index (χ4n) is 2.23. The number of benzene rings is 1. The van der Waals surface area contributed by atoms with E-state index in [1.807, 2.05) is 0 Å². The van der Waals surface area contributed by atoms with Crippen LogP contribution in [0.25, 0.3) is 0 Å². The molecule has 0 radical (unpaired) electrons. The van der Waals surface area contributed by atoms with Gasteiger partial charge in [0, 0.05) is 6.07 Å². The first kappa shape index (κ1) is 12.7. The van der Waals surface area contributed by atoms with E-state index in [9.17, 15) is 10.1 Å². The van der Waals surface area contributed by atoms with E-state index < -0.39 is 4.92 Å².